The fourth-order valence-corrected chi connectivity index (χ4v) is 3.51. The first kappa shape index (κ1) is 14.1. The Hall–Kier alpha value is -0.360. The number of sulfonamides is 1. The summed E-state index contributed by atoms with van der Waals surface area (Å²) >= 11 is 11.5. The van der Waals surface area contributed by atoms with E-state index in [1.165, 1.54) is 16.6 Å². The summed E-state index contributed by atoms with van der Waals surface area (Å²) in [6.45, 7) is 2.84. The second-order valence-corrected chi connectivity index (χ2v) is 7.05. The quantitative estimate of drug-likeness (QED) is 0.786. The molecule has 0 atom stereocenters. The fourth-order valence-electron chi connectivity index (χ4n) is 1.68. The van der Waals surface area contributed by atoms with Gasteiger partial charge in [-0.3, -0.25) is 0 Å². The molecular formula is C11H14Cl2N2O2S. The molecule has 2 rings (SSSR count). The summed E-state index contributed by atoms with van der Waals surface area (Å²) in [6, 6.07) is 1.35. The lowest BCUT2D eigenvalue weighted by Gasteiger charge is -2.20. The van der Waals surface area contributed by atoms with Gasteiger partial charge in [-0.25, -0.2) is 13.4 Å². The summed E-state index contributed by atoms with van der Waals surface area (Å²) in [5.74, 6) is 0.496. The van der Waals surface area contributed by atoms with Gasteiger partial charge in [0.05, 0.1) is 5.02 Å². The van der Waals surface area contributed by atoms with Gasteiger partial charge >= 0.3 is 0 Å². The molecule has 0 amide bonds. The molecule has 1 fully saturated rings. The van der Waals surface area contributed by atoms with Crippen molar-refractivity contribution in [3.05, 3.63) is 22.4 Å². The first-order valence-corrected chi connectivity index (χ1v) is 7.96. The molecule has 0 spiro atoms. The normalized spacial score (nSPS) is 16.2. The number of aromatic nitrogens is 1. The largest absolute Gasteiger partial charge is 0.244 e. The van der Waals surface area contributed by atoms with Gasteiger partial charge in [-0.15, -0.1) is 0 Å². The van der Waals surface area contributed by atoms with Gasteiger partial charge in [-0.05, 0) is 24.8 Å². The summed E-state index contributed by atoms with van der Waals surface area (Å²) in [4.78, 5) is 3.88. The minimum Gasteiger partial charge on any atom is -0.242 e. The van der Waals surface area contributed by atoms with Crippen molar-refractivity contribution in [3.63, 3.8) is 0 Å². The molecule has 1 aliphatic carbocycles. The van der Waals surface area contributed by atoms with Gasteiger partial charge in [0, 0.05) is 19.3 Å². The second kappa shape index (κ2) is 5.33. The zero-order valence-electron chi connectivity index (χ0n) is 9.94. The molecule has 100 valence electrons. The van der Waals surface area contributed by atoms with E-state index >= 15 is 0 Å². The van der Waals surface area contributed by atoms with Crippen LogP contribution in [0.4, 0.5) is 0 Å². The summed E-state index contributed by atoms with van der Waals surface area (Å²) in [5, 5.41) is 0.265. The van der Waals surface area contributed by atoms with Gasteiger partial charge < -0.3 is 0 Å². The molecule has 0 radical (unpaired) electrons. The van der Waals surface area contributed by atoms with Crippen LogP contribution >= 0.6 is 23.2 Å². The molecule has 0 aliphatic heterocycles. The molecule has 0 saturated heterocycles. The van der Waals surface area contributed by atoms with Gasteiger partial charge in [0.25, 0.3) is 0 Å². The van der Waals surface area contributed by atoms with Gasteiger partial charge in [0.15, 0.2) is 0 Å². The van der Waals surface area contributed by atoms with Crippen LogP contribution in [0.2, 0.25) is 10.2 Å². The number of nitrogens with zero attached hydrogens (tertiary/aromatic N) is 2. The number of hydrogen-bond acceptors (Lipinski definition) is 3. The molecule has 1 aromatic rings. The highest BCUT2D eigenvalue weighted by atomic mass is 35.5. The highest BCUT2D eigenvalue weighted by Gasteiger charge is 2.31. The van der Waals surface area contributed by atoms with Crippen LogP contribution in [-0.4, -0.2) is 30.8 Å². The standard InChI is InChI=1S/C11H14Cl2N2O2S/c1-2-15(7-8-3-4-8)18(16,17)9-5-10(12)11(13)14-6-9/h5-6,8H,2-4,7H2,1H3. The minimum atomic E-state index is -3.52. The van der Waals surface area contributed by atoms with Crippen LogP contribution in [0.25, 0.3) is 0 Å². The van der Waals surface area contributed by atoms with Crippen molar-refractivity contribution in [1.29, 1.82) is 0 Å². The number of rotatable bonds is 5. The molecular weight excluding hydrogens is 295 g/mol. The number of hydrogen-bond donors (Lipinski definition) is 0. The molecule has 4 nitrogen and oxygen atoms in total. The summed E-state index contributed by atoms with van der Waals surface area (Å²) in [5.41, 5.74) is 0. The van der Waals surface area contributed by atoms with Crippen molar-refractivity contribution in [3.8, 4) is 0 Å². The van der Waals surface area contributed by atoms with Crippen LogP contribution in [0.1, 0.15) is 19.8 Å². The van der Waals surface area contributed by atoms with E-state index in [9.17, 15) is 8.42 Å². The molecule has 18 heavy (non-hydrogen) atoms. The molecule has 1 saturated carbocycles. The topological polar surface area (TPSA) is 50.3 Å². The summed E-state index contributed by atoms with van der Waals surface area (Å²) in [7, 11) is -3.52. The van der Waals surface area contributed by atoms with Crippen LogP contribution < -0.4 is 0 Å². The first-order valence-electron chi connectivity index (χ1n) is 5.76. The Morgan fingerprint density at radius 3 is 2.61 bits per heavy atom. The third-order valence-corrected chi connectivity index (χ3v) is 5.51. The van der Waals surface area contributed by atoms with Crippen LogP contribution in [0.5, 0.6) is 0 Å². The smallest absolute Gasteiger partial charge is 0.242 e. The predicted octanol–water partition coefficient (Wildman–Crippen LogP) is 2.81. The molecule has 0 aromatic carbocycles. The highest BCUT2D eigenvalue weighted by Crippen LogP contribution is 2.32. The lowest BCUT2D eigenvalue weighted by atomic mass is 10.4. The zero-order chi connectivity index (χ0) is 13.3. The van der Waals surface area contributed by atoms with E-state index in [-0.39, 0.29) is 15.1 Å². The van der Waals surface area contributed by atoms with Crippen molar-refractivity contribution in [1.82, 2.24) is 9.29 Å². The van der Waals surface area contributed by atoms with E-state index in [2.05, 4.69) is 4.98 Å². The van der Waals surface area contributed by atoms with Crippen LogP contribution in [-0.2, 0) is 10.0 Å². The van der Waals surface area contributed by atoms with E-state index in [0.29, 0.717) is 19.0 Å². The van der Waals surface area contributed by atoms with E-state index < -0.39 is 10.0 Å². The molecule has 0 bridgehead atoms. The fraction of sp³-hybridized carbons (Fsp3) is 0.545. The molecule has 0 N–H and O–H groups in total. The molecule has 1 aliphatic rings. The lowest BCUT2D eigenvalue weighted by Crippen LogP contribution is -2.32. The van der Waals surface area contributed by atoms with Gasteiger partial charge in [0.1, 0.15) is 10.0 Å². The average molecular weight is 309 g/mol. The molecule has 0 unspecified atom stereocenters. The van der Waals surface area contributed by atoms with Gasteiger partial charge in [0.2, 0.25) is 10.0 Å². The van der Waals surface area contributed by atoms with Crippen molar-refractivity contribution >= 4 is 33.2 Å². The predicted molar refractivity (Wildman–Crippen MR) is 71.4 cm³/mol. The highest BCUT2D eigenvalue weighted by molar-refractivity contribution is 7.89. The van der Waals surface area contributed by atoms with E-state index in [1.807, 2.05) is 6.92 Å². The molecule has 1 aromatic heterocycles. The van der Waals surface area contributed by atoms with E-state index in [4.69, 9.17) is 23.2 Å². The summed E-state index contributed by atoms with van der Waals surface area (Å²) < 4.78 is 26.2. The maximum atomic E-state index is 12.4. The van der Waals surface area contributed by atoms with Crippen LogP contribution in [0.15, 0.2) is 17.2 Å². The Morgan fingerprint density at radius 1 is 1.44 bits per heavy atom. The Balaban J connectivity index is 2.29. The van der Waals surface area contributed by atoms with Crippen molar-refractivity contribution in [2.45, 2.75) is 24.7 Å². The maximum absolute atomic E-state index is 12.4. The van der Waals surface area contributed by atoms with E-state index in [1.54, 1.807) is 0 Å². The number of halogens is 2. The molecule has 7 heteroatoms. The minimum absolute atomic E-state index is 0.0967. The average Bonchev–Trinajstić information content (AvgIpc) is 3.13. The van der Waals surface area contributed by atoms with Crippen molar-refractivity contribution in [2.75, 3.05) is 13.1 Å². The third-order valence-electron chi connectivity index (χ3n) is 2.92. The van der Waals surface area contributed by atoms with Gasteiger partial charge in [-0.2, -0.15) is 4.31 Å². The maximum Gasteiger partial charge on any atom is 0.244 e. The first-order chi connectivity index (χ1) is 8.45. The van der Waals surface area contributed by atoms with Gasteiger partial charge in [-0.1, -0.05) is 30.1 Å². The second-order valence-electron chi connectivity index (χ2n) is 4.34. The Kier molecular flexibility index (Phi) is 4.16. The Labute approximate surface area is 117 Å². The monoisotopic (exact) mass is 308 g/mol. The van der Waals surface area contributed by atoms with Crippen LogP contribution in [0.3, 0.4) is 0 Å². The SMILES string of the molecule is CCN(CC1CC1)S(=O)(=O)c1cnc(Cl)c(Cl)c1. The van der Waals surface area contributed by atoms with Crippen molar-refractivity contribution in [2.24, 2.45) is 5.92 Å². The zero-order valence-corrected chi connectivity index (χ0v) is 12.3. The number of pyridine rings is 1. The Bertz CT molecular complexity index is 544. The lowest BCUT2D eigenvalue weighted by molar-refractivity contribution is 0.412. The molecule has 1 heterocycles. The van der Waals surface area contributed by atoms with E-state index in [0.717, 1.165) is 12.8 Å². The Morgan fingerprint density at radius 2 is 2.11 bits per heavy atom. The van der Waals surface area contributed by atoms with Crippen molar-refractivity contribution < 1.29 is 8.42 Å². The summed E-state index contributed by atoms with van der Waals surface area (Å²) in [6.07, 6.45) is 3.45. The third kappa shape index (κ3) is 2.96. The van der Waals surface area contributed by atoms with Crippen LogP contribution in [0, 0.1) is 5.92 Å².